The summed E-state index contributed by atoms with van der Waals surface area (Å²) in [6.45, 7) is 2.68. The van der Waals surface area contributed by atoms with Crippen LogP contribution >= 0.6 is 0 Å². The normalized spacial score (nSPS) is 11.1. The van der Waals surface area contributed by atoms with Gasteiger partial charge in [0.05, 0.1) is 28.1 Å². The van der Waals surface area contributed by atoms with Crippen molar-refractivity contribution in [3.8, 4) is 11.8 Å². The Morgan fingerprint density at radius 1 is 1.03 bits per heavy atom. The number of phenolic OH excluding ortho intramolecular Hbond substituents is 1. The van der Waals surface area contributed by atoms with Gasteiger partial charge in [-0.05, 0) is 60.4 Å². The lowest BCUT2D eigenvalue weighted by atomic mass is 10.0. The molecule has 31 heavy (non-hydrogen) atoms. The highest BCUT2D eigenvalue weighted by molar-refractivity contribution is 6.19. The highest BCUT2D eigenvalue weighted by Crippen LogP contribution is 2.38. The third kappa shape index (κ3) is 3.85. The molecule has 1 heterocycles. The van der Waals surface area contributed by atoms with Crippen molar-refractivity contribution in [3.05, 3.63) is 76.9 Å². The molecular weight excluding hydrogens is 386 g/mol. The van der Waals surface area contributed by atoms with Gasteiger partial charge in [-0.3, -0.25) is 4.79 Å². The molecule has 1 aromatic heterocycles. The van der Waals surface area contributed by atoms with E-state index >= 15 is 0 Å². The predicted molar refractivity (Wildman–Crippen MR) is 123 cm³/mol. The number of rotatable bonds is 7. The Bertz CT molecular complexity index is 1330. The number of nitrogens with zero attached hydrogens (tertiary/aromatic N) is 2. The van der Waals surface area contributed by atoms with Crippen molar-refractivity contribution in [1.82, 2.24) is 4.57 Å². The summed E-state index contributed by atoms with van der Waals surface area (Å²) in [7, 11) is 0. The molecule has 0 unspecified atom stereocenters. The minimum atomic E-state index is -0.525. The molecule has 0 spiro atoms. The lowest BCUT2D eigenvalue weighted by molar-refractivity contribution is 0.100. The maximum atomic E-state index is 12.2. The number of fused-ring (bicyclic) bond motifs is 3. The molecule has 0 radical (unpaired) electrons. The summed E-state index contributed by atoms with van der Waals surface area (Å²) < 4.78 is 2.09. The minimum absolute atomic E-state index is 0.159. The molecule has 4 rings (SSSR count). The summed E-state index contributed by atoms with van der Waals surface area (Å²) >= 11 is 0. The number of nitrogens with two attached hydrogens (primary N) is 1. The number of carbonyl (C=O) groups excluding carboxylic acids is 1. The highest BCUT2D eigenvalue weighted by Gasteiger charge is 2.20. The molecule has 0 saturated carbocycles. The van der Waals surface area contributed by atoms with Gasteiger partial charge >= 0.3 is 0 Å². The summed E-state index contributed by atoms with van der Waals surface area (Å²) in [5.74, 6) is -0.366. The molecule has 0 saturated heterocycles. The quantitative estimate of drug-likeness (QED) is 0.407. The van der Waals surface area contributed by atoms with Gasteiger partial charge in [0.2, 0.25) is 5.91 Å². The van der Waals surface area contributed by atoms with Crippen LogP contribution in [-0.2, 0) is 13.0 Å². The van der Waals surface area contributed by atoms with Crippen molar-refractivity contribution in [3.63, 3.8) is 0 Å². The van der Waals surface area contributed by atoms with Crippen LogP contribution in [0.15, 0.2) is 54.6 Å². The van der Waals surface area contributed by atoms with Crippen LogP contribution in [-0.4, -0.2) is 15.6 Å². The van der Waals surface area contributed by atoms with Gasteiger partial charge < -0.3 is 15.4 Å². The number of hydrogen-bond acceptors (Lipinski definition) is 3. The fourth-order valence-corrected chi connectivity index (χ4v) is 4.32. The second kappa shape index (κ2) is 8.53. The predicted octanol–water partition coefficient (Wildman–Crippen LogP) is 5.25. The van der Waals surface area contributed by atoms with E-state index in [4.69, 9.17) is 5.73 Å². The summed E-state index contributed by atoms with van der Waals surface area (Å²) in [5.41, 5.74) is 10.4. The van der Waals surface area contributed by atoms with E-state index in [9.17, 15) is 15.2 Å². The van der Waals surface area contributed by atoms with Crippen LogP contribution in [0.25, 0.3) is 21.8 Å². The monoisotopic (exact) mass is 411 g/mol. The van der Waals surface area contributed by atoms with Gasteiger partial charge in [-0.1, -0.05) is 38.0 Å². The Kier molecular flexibility index (Phi) is 5.64. The lowest BCUT2D eigenvalue weighted by Gasteiger charge is -2.10. The van der Waals surface area contributed by atoms with Gasteiger partial charge in [-0.2, -0.15) is 5.26 Å². The summed E-state index contributed by atoms with van der Waals surface area (Å²) in [4.78, 5) is 12.2. The molecule has 5 heteroatoms. The fraction of sp³-hybridized carbons (Fsp3) is 0.231. The first-order valence-corrected chi connectivity index (χ1v) is 10.6. The van der Waals surface area contributed by atoms with Crippen LogP contribution in [0.3, 0.4) is 0 Å². The van der Waals surface area contributed by atoms with Crippen molar-refractivity contribution in [2.75, 3.05) is 0 Å². The molecule has 0 aliphatic rings. The second-order valence-electron chi connectivity index (χ2n) is 7.93. The minimum Gasteiger partial charge on any atom is -0.507 e. The van der Waals surface area contributed by atoms with E-state index in [2.05, 4.69) is 23.6 Å². The third-order valence-electron chi connectivity index (χ3n) is 5.76. The Balaban J connectivity index is 1.97. The fourth-order valence-electron chi connectivity index (χ4n) is 4.32. The molecule has 4 aromatic rings. The average Bonchev–Trinajstić information content (AvgIpc) is 3.08. The van der Waals surface area contributed by atoms with Crippen molar-refractivity contribution in [2.24, 2.45) is 5.73 Å². The standard InChI is InChI=1S/C26H25N3O2/c1-2-3-4-7-17-13-22-25(23(30)14-17)24-20(26(28)31)10-6-11-21(24)29(22)16-19-9-5-8-18(12-19)15-27/h5-6,8-14,30H,2-4,7,16H2,1H3,(H2,28,31). The number of aromatic nitrogens is 1. The average molecular weight is 412 g/mol. The van der Waals surface area contributed by atoms with Crippen molar-refractivity contribution >= 4 is 27.7 Å². The molecule has 5 nitrogen and oxygen atoms in total. The van der Waals surface area contributed by atoms with E-state index < -0.39 is 5.91 Å². The van der Waals surface area contributed by atoms with Crippen molar-refractivity contribution < 1.29 is 9.90 Å². The Morgan fingerprint density at radius 2 is 1.84 bits per heavy atom. The number of nitriles is 1. The third-order valence-corrected chi connectivity index (χ3v) is 5.76. The van der Waals surface area contributed by atoms with E-state index in [1.807, 2.05) is 30.3 Å². The number of aryl methyl sites for hydroxylation is 1. The van der Waals surface area contributed by atoms with E-state index in [1.165, 1.54) is 0 Å². The number of phenols is 1. The molecule has 3 aromatic carbocycles. The Hall–Kier alpha value is -3.78. The molecule has 0 bridgehead atoms. The Labute approximate surface area is 181 Å². The van der Waals surface area contributed by atoms with Crippen LogP contribution in [0, 0.1) is 11.3 Å². The highest BCUT2D eigenvalue weighted by atomic mass is 16.3. The zero-order valence-corrected chi connectivity index (χ0v) is 17.6. The van der Waals surface area contributed by atoms with E-state index in [-0.39, 0.29) is 5.75 Å². The smallest absolute Gasteiger partial charge is 0.249 e. The van der Waals surface area contributed by atoms with Crippen molar-refractivity contribution in [2.45, 2.75) is 39.2 Å². The largest absolute Gasteiger partial charge is 0.507 e. The topological polar surface area (TPSA) is 92.0 Å². The first-order chi connectivity index (χ1) is 15.0. The second-order valence-corrected chi connectivity index (χ2v) is 7.93. The summed E-state index contributed by atoms with van der Waals surface area (Å²) in [6, 6.07) is 19.0. The molecule has 0 fully saturated rings. The number of benzene rings is 3. The lowest BCUT2D eigenvalue weighted by Crippen LogP contribution is -2.11. The number of carbonyl (C=O) groups is 1. The first-order valence-electron chi connectivity index (χ1n) is 10.6. The van der Waals surface area contributed by atoms with Gasteiger partial charge in [0, 0.05) is 17.5 Å². The number of amides is 1. The SMILES string of the molecule is CCCCCc1cc(O)c2c3c(C(N)=O)cccc3n(Cc3cccc(C#N)c3)c2c1. The van der Waals surface area contributed by atoms with Gasteiger partial charge in [-0.15, -0.1) is 0 Å². The van der Waals surface area contributed by atoms with Crippen LogP contribution in [0.4, 0.5) is 0 Å². The molecule has 0 aliphatic carbocycles. The molecular formula is C26H25N3O2. The number of unbranched alkanes of at least 4 members (excludes halogenated alkanes) is 2. The van der Waals surface area contributed by atoms with E-state index in [0.29, 0.717) is 28.4 Å². The maximum absolute atomic E-state index is 12.2. The molecule has 156 valence electrons. The summed E-state index contributed by atoms with van der Waals surface area (Å²) in [6.07, 6.45) is 4.20. The number of primary amides is 1. The molecule has 1 amide bonds. The molecule has 0 aliphatic heterocycles. The van der Waals surface area contributed by atoms with Gasteiger partial charge in [0.1, 0.15) is 5.75 Å². The van der Waals surface area contributed by atoms with Gasteiger partial charge in [0.15, 0.2) is 0 Å². The Morgan fingerprint density at radius 3 is 2.58 bits per heavy atom. The van der Waals surface area contributed by atoms with Crippen LogP contribution in [0.2, 0.25) is 0 Å². The number of aromatic hydroxyl groups is 1. The van der Waals surface area contributed by atoms with Crippen molar-refractivity contribution in [1.29, 1.82) is 5.26 Å². The van der Waals surface area contributed by atoms with Crippen LogP contribution < -0.4 is 5.73 Å². The zero-order chi connectivity index (χ0) is 22.0. The zero-order valence-electron chi connectivity index (χ0n) is 17.6. The van der Waals surface area contributed by atoms with Gasteiger partial charge in [-0.25, -0.2) is 0 Å². The maximum Gasteiger partial charge on any atom is 0.249 e. The first kappa shape index (κ1) is 20.5. The molecule has 0 atom stereocenters. The van der Waals surface area contributed by atoms with E-state index in [0.717, 1.165) is 47.8 Å². The number of hydrogen-bond donors (Lipinski definition) is 2. The van der Waals surface area contributed by atoms with Crippen LogP contribution in [0.5, 0.6) is 5.75 Å². The van der Waals surface area contributed by atoms with Crippen LogP contribution in [0.1, 0.15) is 53.2 Å². The molecule has 3 N–H and O–H groups in total. The van der Waals surface area contributed by atoms with Gasteiger partial charge in [0.25, 0.3) is 0 Å². The summed E-state index contributed by atoms with van der Waals surface area (Å²) in [5, 5.41) is 21.5. The van der Waals surface area contributed by atoms with E-state index in [1.54, 1.807) is 18.2 Å².